The number of rotatable bonds is 4. The Morgan fingerprint density at radius 2 is 1.77 bits per heavy atom. The fourth-order valence-corrected chi connectivity index (χ4v) is 3.47. The van der Waals surface area contributed by atoms with Crippen LogP contribution in [0.1, 0.15) is 15.9 Å². The van der Waals surface area contributed by atoms with Crippen LogP contribution in [0.5, 0.6) is 0 Å². The molecule has 11 heteroatoms. The fourth-order valence-electron chi connectivity index (χ4n) is 2.26. The van der Waals surface area contributed by atoms with Crippen molar-refractivity contribution in [2.24, 2.45) is 0 Å². The van der Waals surface area contributed by atoms with Gasteiger partial charge in [-0.25, -0.2) is 4.98 Å². The van der Waals surface area contributed by atoms with E-state index in [1.807, 2.05) is 6.92 Å². The van der Waals surface area contributed by atoms with Crippen molar-refractivity contribution in [2.75, 3.05) is 5.32 Å². The first-order chi connectivity index (χ1) is 12.3. The molecule has 0 aliphatic heterocycles. The molecule has 1 amide bonds. The van der Waals surface area contributed by atoms with Gasteiger partial charge in [-0.05, 0) is 18.6 Å². The molecule has 0 fully saturated rings. The van der Waals surface area contributed by atoms with E-state index in [4.69, 9.17) is 11.6 Å². The molecule has 2 aromatic carbocycles. The molecule has 0 saturated carbocycles. The predicted molar refractivity (Wildman–Crippen MR) is 97.1 cm³/mol. The van der Waals surface area contributed by atoms with Gasteiger partial charge < -0.3 is 0 Å². The van der Waals surface area contributed by atoms with Crippen molar-refractivity contribution >= 4 is 55.6 Å². The Morgan fingerprint density at radius 3 is 2.31 bits per heavy atom. The van der Waals surface area contributed by atoms with Gasteiger partial charge in [-0.1, -0.05) is 29.0 Å². The van der Waals surface area contributed by atoms with Gasteiger partial charge in [0.05, 0.1) is 36.7 Å². The van der Waals surface area contributed by atoms with Gasteiger partial charge >= 0.3 is 0 Å². The van der Waals surface area contributed by atoms with Gasteiger partial charge in [0.25, 0.3) is 17.3 Å². The summed E-state index contributed by atoms with van der Waals surface area (Å²) in [6, 6.07) is 6.23. The minimum atomic E-state index is -0.801. The standard InChI is InChI=1S/C15H9ClN4O5S/c1-7-2-3-11(16)13-12(7)17-15(26-13)18-14(21)8-4-9(19(22)23)6-10(5-8)20(24)25/h2-6H,1H3,(H,17,18,21). The maximum atomic E-state index is 12.4. The number of nitrogens with zero attached hydrogens (tertiary/aromatic N) is 3. The summed E-state index contributed by atoms with van der Waals surface area (Å²) in [6.45, 7) is 1.84. The van der Waals surface area contributed by atoms with E-state index in [-0.39, 0.29) is 10.7 Å². The Kier molecular flexibility index (Phi) is 4.53. The molecule has 1 heterocycles. The average molecular weight is 393 g/mol. The quantitative estimate of drug-likeness (QED) is 0.519. The van der Waals surface area contributed by atoms with E-state index >= 15 is 0 Å². The number of thiazole rings is 1. The molecular weight excluding hydrogens is 384 g/mol. The predicted octanol–water partition coefficient (Wildman–Crippen LogP) is 4.33. The Morgan fingerprint density at radius 1 is 1.15 bits per heavy atom. The lowest BCUT2D eigenvalue weighted by Crippen LogP contribution is -2.12. The highest BCUT2D eigenvalue weighted by molar-refractivity contribution is 7.23. The first-order valence-corrected chi connectivity index (χ1v) is 8.26. The topological polar surface area (TPSA) is 128 Å². The van der Waals surface area contributed by atoms with Gasteiger partial charge in [0.2, 0.25) is 0 Å². The highest BCUT2D eigenvalue weighted by atomic mass is 35.5. The van der Waals surface area contributed by atoms with Crippen LogP contribution in [0.2, 0.25) is 5.02 Å². The van der Waals surface area contributed by atoms with E-state index in [1.54, 1.807) is 12.1 Å². The number of anilines is 1. The SMILES string of the molecule is Cc1ccc(Cl)c2sc(NC(=O)c3cc([N+](=O)[O-])cc([N+](=O)[O-])c3)nc12. The number of nitro groups is 2. The van der Waals surface area contributed by atoms with Crippen LogP contribution < -0.4 is 5.32 Å². The van der Waals surface area contributed by atoms with Gasteiger partial charge in [0, 0.05) is 12.1 Å². The average Bonchev–Trinajstić information content (AvgIpc) is 3.02. The van der Waals surface area contributed by atoms with E-state index in [1.165, 1.54) is 0 Å². The van der Waals surface area contributed by atoms with Gasteiger partial charge in [0.15, 0.2) is 5.13 Å². The number of non-ortho nitro benzene ring substituents is 2. The molecule has 0 saturated heterocycles. The molecule has 0 radical (unpaired) electrons. The van der Waals surface area contributed by atoms with Crippen LogP contribution in [-0.4, -0.2) is 20.7 Å². The summed E-state index contributed by atoms with van der Waals surface area (Å²) in [5.74, 6) is -0.746. The van der Waals surface area contributed by atoms with Crippen LogP contribution in [0, 0.1) is 27.2 Å². The molecule has 1 N–H and O–H groups in total. The third kappa shape index (κ3) is 3.32. The number of hydrogen-bond acceptors (Lipinski definition) is 7. The van der Waals surface area contributed by atoms with Crippen molar-refractivity contribution in [3.63, 3.8) is 0 Å². The zero-order valence-corrected chi connectivity index (χ0v) is 14.6. The molecule has 0 atom stereocenters. The third-order valence-electron chi connectivity index (χ3n) is 3.50. The second-order valence-corrected chi connectivity index (χ2v) is 6.67. The molecule has 0 aliphatic carbocycles. The molecular formula is C15H9ClN4O5S. The molecule has 0 aliphatic rings. The number of halogens is 1. The lowest BCUT2D eigenvalue weighted by Gasteiger charge is -2.02. The Bertz CT molecular complexity index is 1010. The van der Waals surface area contributed by atoms with Gasteiger partial charge in [-0.2, -0.15) is 0 Å². The van der Waals surface area contributed by atoms with Crippen LogP contribution in [0.4, 0.5) is 16.5 Å². The smallest absolute Gasteiger partial charge is 0.277 e. The largest absolute Gasteiger partial charge is 0.298 e. The number of benzene rings is 2. The first kappa shape index (κ1) is 17.7. The number of nitrogens with one attached hydrogen (secondary N) is 1. The summed E-state index contributed by atoms with van der Waals surface area (Å²) in [4.78, 5) is 36.9. The Balaban J connectivity index is 1.98. The summed E-state index contributed by atoms with van der Waals surface area (Å²) in [5.41, 5.74) is 0.183. The molecule has 1 aromatic heterocycles. The molecule has 26 heavy (non-hydrogen) atoms. The van der Waals surface area contributed by atoms with Gasteiger partial charge in [-0.3, -0.25) is 30.3 Å². The number of hydrogen-bond donors (Lipinski definition) is 1. The summed E-state index contributed by atoms with van der Waals surface area (Å²) in [6.07, 6.45) is 0. The second-order valence-electron chi connectivity index (χ2n) is 5.27. The monoisotopic (exact) mass is 392 g/mol. The molecule has 3 aromatic rings. The van der Waals surface area contributed by atoms with E-state index in [0.29, 0.717) is 15.2 Å². The molecule has 9 nitrogen and oxygen atoms in total. The molecule has 0 unspecified atom stereocenters. The zero-order valence-electron chi connectivity index (χ0n) is 13.1. The third-order valence-corrected chi connectivity index (χ3v) is 4.94. The van der Waals surface area contributed by atoms with Crippen molar-refractivity contribution < 1.29 is 14.6 Å². The minimum Gasteiger partial charge on any atom is -0.298 e. The number of carbonyl (C=O) groups is 1. The second kappa shape index (κ2) is 6.65. The lowest BCUT2D eigenvalue weighted by atomic mass is 10.1. The number of amides is 1. The lowest BCUT2D eigenvalue weighted by molar-refractivity contribution is -0.394. The van der Waals surface area contributed by atoms with E-state index in [0.717, 1.165) is 35.1 Å². The number of aryl methyl sites for hydroxylation is 1. The summed E-state index contributed by atoms with van der Waals surface area (Å²) in [7, 11) is 0. The molecule has 3 rings (SSSR count). The first-order valence-electron chi connectivity index (χ1n) is 7.07. The number of fused-ring (bicyclic) bond motifs is 1. The molecule has 0 spiro atoms. The van der Waals surface area contributed by atoms with Gasteiger partial charge in [-0.15, -0.1) is 0 Å². The maximum absolute atomic E-state index is 12.4. The van der Waals surface area contributed by atoms with E-state index in [2.05, 4.69) is 10.3 Å². The molecule has 132 valence electrons. The zero-order chi connectivity index (χ0) is 19.0. The van der Waals surface area contributed by atoms with Crippen molar-refractivity contribution in [3.8, 4) is 0 Å². The fraction of sp³-hybridized carbons (Fsp3) is 0.0667. The van der Waals surface area contributed by atoms with Crippen molar-refractivity contribution in [1.29, 1.82) is 0 Å². The van der Waals surface area contributed by atoms with Crippen LogP contribution in [-0.2, 0) is 0 Å². The van der Waals surface area contributed by atoms with E-state index in [9.17, 15) is 25.0 Å². The number of carbonyl (C=O) groups excluding carboxylic acids is 1. The van der Waals surface area contributed by atoms with Crippen molar-refractivity contribution in [2.45, 2.75) is 6.92 Å². The number of nitro benzene ring substituents is 2. The highest BCUT2D eigenvalue weighted by Gasteiger charge is 2.21. The highest BCUT2D eigenvalue weighted by Crippen LogP contribution is 2.34. The van der Waals surface area contributed by atoms with Crippen LogP contribution >= 0.6 is 22.9 Å². The minimum absolute atomic E-state index is 0.215. The van der Waals surface area contributed by atoms with Gasteiger partial charge in [0.1, 0.15) is 0 Å². The maximum Gasteiger partial charge on any atom is 0.277 e. The number of aromatic nitrogens is 1. The van der Waals surface area contributed by atoms with Crippen LogP contribution in [0.25, 0.3) is 10.2 Å². The summed E-state index contributed by atoms with van der Waals surface area (Å²) in [5, 5.41) is 25.1. The van der Waals surface area contributed by atoms with Crippen molar-refractivity contribution in [1.82, 2.24) is 4.98 Å². The summed E-state index contributed by atoms with van der Waals surface area (Å²) >= 11 is 7.25. The van der Waals surface area contributed by atoms with Crippen LogP contribution in [0.15, 0.2) is 30.3 Å². The summed E-state index contributed by atoms with van der Waals surface area (Å²) < 4.78 is 0.687. The normalized spacial score (nSPS) is 10.7. The Hall–Kier alpha value is -3.11. The molecule has 0 bridgehead atoms. The van der Waals surface area contributed by atoms with E-state index < -0.39 is 27.1 Å². The van der Waals surface area contributed by atoms with Crippen molar-refractivity contribution in [3.05, 3.63) is 66.7 Å². The Labute approximate surface area is 154 Å². The van der Waals surface area contributed by atoms with Crippen LogP contribution in [0.3, 0.4) is 0 Å².